The number of nitrogens with one attached hydrogen (secondary N) is 1. The predicted octanol–water partition coefficient (Wildman–Crippen LogP) is 1.06. The minimum Gasteiger partial charge on any atom is -0.409 e. The van der Waals surface area contributed by atoms with Gasteiger partial charge in [-0.25, -0.2) is 12.8 Å². The van der Waals surface area contributed by atoms with Crippen LogP contribution in [0, 0.1) is 10.7 Å². The summed E-state index contributed by atoms with van der Waals surface area (Å²) in [4.78, 5) is 1.22. The first-order valence-corrected chi connectivity index (χ1v) is 10.0. The molecule has 1 fully saturated rings. The Hall–Kier alpha value is -1.58. The lowest BCUT2D eigenvalue weighted by Crippen LogP contribution is -3.15. The SMILES string of the molecule is CC[NH+](Cn1nc(-c2ccccc2F)oc1=S)[C@@H]1CCS(=O)(=O)C1. The summed E-state index contributed by atoms with van der Waals surface area (Å²) in [6.45, 7) is 3.12. The second kappa shape index (κ2) is 6.73. The van der Waals surface area contributed by atoms with Gasteiger partial charge in [0, 0.05) is 6.42 Å². The summed E-state index contributed by atoms with van der Waals surface area (Å²) in [5, 5.41) is 4.27. The van der Waals surface area contributed by atoms with Crippen molar-refractivity contribution in [1.29, 1.82) is 0 Å². The molecular weight excluding hydrogens is 353 g/mol. The molecule has 24 heavy (non-hydrogen) atoms. The topological polar surface area (TPSA) is 69.5 Å². The molecule has 0 spiro atoms. The van der Waals surface area contributed by atoms with Crippen molar-refractivity contribution >= 4 is 22.1 Å². The number of halogens is 1. The van der Waals surface area contributed by atoms with Crippen molar-refractivity contribution in [1.82, 2.24) is 9.78 Å². The molecule has 1 saturated heterocycles. The zero-order valence-corrected chi connectivity index (χ0v) is 14.9. The van der Waals surface area contributed by atoms with Crippen LogP contribution in [0.5, 0.6) is 0 Å². The van der Waals surface area contributed by atoms with E-state index in [-0.39, 0.29) is 33.8 Å². The molecule has 0 amide bonds. The van der Waals surface area contributed by atoms with Gasteiger partial charge in [-0.3, -0.25) is 0 Å². The molecule has 0 saturated carbocycles. The molecule has 2 aromatic rings. The Morgan fingerprint density at radius 1 is 1.46 bits per heavy atom. The van der Waals surface area contributed by atoms with Crippen LogP contribution in [0.1, 0.15) is 13.3 Å². The number of rotatable bonds is 5. The Balaban J connectivity index is 1.83. The Kier molecular flexibility index (Phi) is 4.84. The molecule has 0 aliphatic carbocycles. The molecule has 130 valence electrons. The minimum atomic E-state index is -2.95. The Bertz CT molecular complexity index is 891. The van der Waals surface area contributed by atoms with E-state index in [1.807, 2.05) is 6.92 Å². The molecule has 0 radical (unpaired) electrons. The third-order valence-electron chi connectivity index (χ3n) is 4.33. The molecule has 1 aromatic heterocycles. The summed E-state index contributed by atoms with van der Waals surface area (Å²) < 4.78 is 44.2. The lowest BCUT2D eigenvalue weighted by atomic mass is 10.2. The number of nitrogens with zero attached hydrogens (tertiary/aromatic N) is 2. The fourth-order valence-corrected chi connectivity index (χ4v) is 5.00. The zero-order chi connectivity index (χ0) is 17.3. The lowest BCUT2D eigenvalue weighted by Gasteiger charge is -2.22. The first-order chi connectivity index (χ1) is 11.4. The maximum absolute atomic E-state index is 13.9. The largest absolute Gasteiger partial charge is 0.409 e. The highest BCUT2D eigenvalue weighted by molar-refractivity contribution is 7.91. The van der Waals surface area contributed by atoms with Crippen LogP contribution in [-0.2, 0) is 16.5 Å². The van der Waals surface area contributed by atoms with Gasteiger partial charge >= 0.3 is 0 Å². The van der Waals surface area contributed by atoms with Crippen molar-refractivity contribution in [3.63, 3.8) is 0 Å². The second-order valence-corrected chi connectivity index (χ2v) is 8.50. The van der Waals surface area contributed by atoms with E-state index in [1.165, 1.54) is 10.7 Å². The number of benzene rings is 1. The zero-order valence-electron chi connectivity index (χ0n) is 13.2. The summed E-state index contributed by atoms with van der Waals surface area (Å²) in [5.74, 6) is 0.114. The quantitative estimate of drug-likeness (QED) is 0.795. The van der Waals surface area contributed by atoms with Gasteiger partial charge in [-0.15, -0.1) is 5.10 Å². The second-order valence-electron chi connectivity index (χ2n) is 5.92. The van der Waals surface area contributed by atoms with E-state index in [4.69, 9.17) is 16.6 Å². The molecular formula is C15H19FN3O3S2+. The monoisotopic (exact) mass is 372 g/mol. The summed E-state index contributed by atoms with van der Waals surface area (Å²) in [6.07, 6.45) is 0.636. The first kappa shape index (κ1) is 17.2. The van der Waals surface area contributed by atoms with Crippen LogP contribution in [0.15, 0.2) is 28.7 Å². The molecule has 2 atom stereocenters. The normalized spacial score (nSPS) is 21.0. The van der Waals surface area contributed by atoms with Crippen molar-refractivity contribution < 1.29 is 22.1 Å². The van der Waals surface area contributed by atoms with Crippen molar-refractivity contribution in [3.05, 3.63) is 34.9 Å². The van der Waals surface area contributed by atoms with Crippen molar-refractivity contribution in [2.45, 2.75) is 26.1 Å². The van der Waals surface area contributed by atoms with Crippen molar-refractivity contribution in [2.75, 3.05) is 18.1 Å². The third-order valence-corrected chi connectivity index (χ3v) is 6.39. The smallest absolute Gasteiger partial charge is 0.292 e. The summed E-state index contributed by atoms with van der Waals surface area (Å²) in [7, 11) is -2.95. The van der Waals surface area contributed by atoms with Gasteiger partial charge in [0.15, 0.2) is 16.5 Å². The Morgan fingerprint density at radius 3 is 2.83 bits per heavy atom. The van der Waals surface area contributed by atoms with Crippen LogP contribution in [0.3, 0.4) is 0 Å². The summed E-state index contributed by atoms with van der Waals surface area (Å²) in [5.41, 5.74) is 0.254. The number of aromatic nitrogens is 2. The number of hydrogen-bond acceptors (Lipinski definition) is 5. The van der Waals surface area contributed by atoms with Gasteiger partial charge in [0.1, 0.15) is 17.6 Å². The van der Waals surface area contributed by atoms with Gasteiger partial charge < -0.3 is 9.32 Å². The maximum atomic E-state index is 13.9. The molecule has 0 bridgehead atoms. The van der Waals surface area contributed by atoms with Crippen LogP contribution < -0.4 is 4.90 Å². The molecule has 6 nitrogen and oxygen atoms in total. The molecule has 2 heterocycles. The number of quaternary nitrogens is 1. The van der Waals surface area contributed by atoms with E-state index in [2.05, 4.69) is 5.10 Å². The molecule has 1 aliphatic rings. The minimum absolute atomic E-state index is 0.0236. The van der Waals surface area contributed by atoms with Gasteiger partial charge in [0.25, 0.3) is 4.84 Å². The summed E-state index contributed by atoms with van der Waals surface area (Å²) in [6, 6.07) is 6.22. The van der Waals surface area contributed by atoms with Gasteiger partial charge in [-0.1, -0.05) is 12.1 Å². The summed E-state index contributed by atoms with van der Waals surface area (Å²) >= 11 is 5.18. The average molecular weight is 372 g/mol. The molecule has 1 N–H and O–H groups in total. The van der Waals surface area contributed by atoms with Crippen molar-refractivity contribution in [3.8, 4) is 11.5 Å². The van der Waals surface area contributed by atoms with Gasteiger partial charge in [0.2, 0.25) is 5.89 Å². The van der Waals surface area contributed by atoms with E-state index in [0.29, 0.717) is 13.1 Å². The standard InChI is InChI=1S/C15H18FN3O3S2/c1-2-18(11-7-8-24(20,21)9-11)10-19-15(23)22-14(17-19)12-5-3-4-6-13(12)16/h3-6,11H,2,7-10H2,1H3/p+1/t11-/m1/s1. The van der Waals surface area contributed by atoms with Crippen LogP contribution in [-0.4, -0.2) is 42.3 Å². The molecule has 1 aromatic carbocycles. The van der Waals surface area contributed by atoms with E-state index < -0.39 is 15.7 Å². The van der Waals surface area contributed by atoms with Gasteiger partial charge in [-0.05, 0) is 31.3 Å². The molecule has 3 rings (SSSR count). The lowest BCUT2D eigenvalue weighted by molar-refractivity contribution is -0.943. The van der Waals surface area contributed by atoms with E-state index in [0.717, 1.165) is 11.4 Å². The molecule has 1 aliphatic heterocycles. The highest BCUT2D eigenvalue weighted by Gasteiger charge is 2.35. The average Bonchev–Trinajstić information content (AvgIpc) is 3.08. The van der Waals surface area contributed by atoms with Crippen molar-refractivity contribution in [2.24, 2.45) is 0 Å². The van der Waals surface area contributed by atoms with Gasteiger partial charge in [0.05, 0.1) is 17.9 Å². The fourth-order valence-electron chi connectivity index (χ4n) is 2.99. The maximum Gasteiger partial charge on any atom is 0.292 e. The Morgan fingerprint density at radius 2 is 2.21 bits per heavy atom. The van der Waals surface area contributed by atoms with E-state index in [1.54, 1.807) is 18.2 Å². The van der Waals surface area contributed by atoms with E-state index >= 15 is 0 Å². The third kappa shape index (κ3) is 3.57. The van der Waals surface area contributed by atoms with Crippen LogP contribution >= 0.6 is 12.2 Å². The van der Waals surface area contributed by atoms with Crippen LogP contribution in [0.4, 0.5) is 4.39 Å². The molecule has 9 heteroatoms. The van der Waals surface area contributed by atoms with E-state index in [9.17, 15) is 12.8 Å². The Labute approximate surface area is 144 Å². The van der Waals surface area contributed by atoms with Crippen LogP contribution in [0.25, 0.3) is 11.5 Å². The molecule has 1 unspecified atom stereocenters. The number of hydrogen-bond donors (Lipinski definition) is 1. The predicted molar refractivity (Wildman–Crippen MR) is 89.3 cm³/mol. The highest BCUT2D eigenvalue weighted by atomic mass is 32.2. The highest BCUT2D eigenvalue weighted by Crippen LogP contribution is 2.20. The fraction of sp³-hybridized carbons (Fsp3) is 0.467. The van der Waals surface area contributed by atoms with Gasteiger partial charge in [-0.2, -0.15) is 4.68 Å². The number of sulfone groups is 1. The van der Waals surface area contributed by atoms with Crippen LogP contribution in [0.2, 0.25) is 0 Å². The first-order valence-electron chi connectivity index (χ1n) is 7.77.